The first-order valence-corrected chi connectivity index (χ1v) is 5.52. The van der Waals surface area contributed by atoms with Gasteiger partial charge in [0.1, 0.15) is 5.69 Å². The fourth-order valence-electron chi connectivity index (χ4n) is 1.50. The van der Waals surface area contributed by atoms with Crippen molar-refractivity contribution in [1.29, 1.82) is 0 Å². The van der Waals surface area contributed by atoms with Crippen molar-refractivity contribution < 1.29 is 4.74 Å². The van der Waals surface area contributed by atoms with E-state index >= 15 is 0 Å². The minimum atomic E-state index is 0.0522. The molecule has 6 nitrogen and oxygen atoms in total. The topological polar surface area (TPSA) is 113 Å². The van der Waals surface area contributed by atoms with Crippen molar-refractivity contribution in [3.8, 4) is 5.88 Å². The SMILES string of the molecule is Nc1nc(N)c(N)c(OCCc2ccccc2)n1. The van der Waals surface area contributed by atoms with Crippen molar-refractivity contribution in [2.24, 2.45) is 0 Å². The van der Waals surface area contributed by atoms with Gasteiger partial charge in [-0.1, -0.05) is 30.3 Å². The third-order valence-electron chi connectivity index (χ3n) is 2.43. The summed E-state index contributed by atoms with van der Waals surface area (Å²) in [5.41, 5.74) is 18.1. The molecule has 0 bridgehead atoms. The second kappa shape index (κ2) is 5.22. The van der Waals surface area contributed by atoms with Crippen LogP contribution < -0.4 is 21.9 Å². The molecule has 0 fully saturated rings. The number of nitrogens with zero attached hydrogens (tertiary/aromatic N) is 2. The van der Waals surface area contributed by atoms with Gasteiger partial charge in [-0.15, -0.1) is 0 Å². The van der Waals surface area contributed by atoms with Gasteiger partial charge in [0.2, 0.25) is 11.8 Å². The molecule has 1 aromatic carbocycles. The van der Waals surface area contributed by atoms with E-state index in [4.69, 9.17) is 21.9 Å². The molecule has 0 aliphatic carbocycles. The standard InChI is InChI=1S/C12H15N5O/c13-9-10(14)16-12(15)17-11(9)18-7-6-8-4-2-1-3-5-8/h1-5H,6-7,13H2,(H4,14,15,16,17). The highest BCUT2D eigenvalue weighted by Crippen LogP contribution is 2.24. The Morgan fingerprint density at radius 3 is 2.44 bits per heavy atom. The highest BCUT2D eigenvalue weighted by Gasteiger charge is 2.09. The first kappa shape index (κ1) is 12.0. The summed E-state index contributed by atoms with van der Waals surface area (Å²) in [6.45, 7) is 0.449. The van der Waals surface area contributed by atoms with Crippen molar-refractivity contribution in [2.45, 2.75) is 6.42 Å². The third kappa shape index (κ3) is 2.79. The number of hydrogen-bond donors (Lipinski definition) is 3. The summed E-state index contributed by atoms with van der Waals surface area (Å²) in [5.74, 6) is 0.421. The lowest BCUT2D eigenvalue weighted by molar-refractivity contribution is 0.311. The number of hydrogen-bond acceptors (Lipinski definition) is 6. The third-order valence-corrected chi connectivity index (χ3v) is 2.43. The zero-order valence-electron chi connectivity index (χ0n) is 9.84. The van der Waals surface area contributed by atoms with Gasteiger partial charge < -0.3 is 21.9 Å². The van der Waals surface area contributed by atoms with Crippen molar-refractivity contribution >= 4 is 17.5 Å². The zero-order chi connectivity index (χ0) is 13.0. The average molecular weight is 245 g/mol. The summed E-state index contributed by atoms with van der Waals surface area (Å²) < 4.78 is 5.47. The van der Waals surface area contributed by atoms with Crippen molar-refractivity contribution in [3.05, 3.63) is 35.9 Å². The molecule has 6 heteroatoms. The fraction of sp³-hybridized carbons (Fsp3) is 0.167. The van der Waals surface area contributed by atoms with Crippen molar-refractivity contribution in [2.75, 3.05) is 23.8 Å². The van der Waals surface area contributed by atoms with Crippen LogP contribution in [0, 0.1) is 0 Å². The first-order valence-electron chi connectivity index (χ1n) is 5.52. The van der Waals surface area contributed by atoms with Gasteiger partial charge in [0.05, 0.1) is 6.61 Å². The van der Waals surface area contributed by atoms with Crippen LogP contribution in [0.25, 0.3) is 0 Å². The lowest BCUT2D eigenvalue weighted by atomic mass is 10.2. The van der Waals surface area contributed by atoms with E-state index in [1.807, 2.05) is 30.3 Å². The smallest absolute Gasteiger partial charge is 0.244 e. The van der Waals surface area contributed by atoms with Gasteiger partial charge >= 0.3 is 0 Å². The Morgan fingerprint density at radius 1 is 1.00 bits per heavy atom. The monoisotopic (exact) mass is 245 g/mol. The molecule has 6 N–H and O–H groups in total. The highest BCUT2D eigenvalue weighted by atomic mass is 16.5. The molecule has 0 spiro atoms. The van der Waals surface area contributed by atoms with Crippen LogP contribution in [0.15, 0.2) is 30.3 Å². The Balaban J connectivity index is 1.99. The predicted molar refractivity (Wildman–Crippen MR) is 70.9 cm³/mol. The van der Waals surface area contributed by atoms with Crippen LogP contribution in [0.2, 0.25) is 0 Å². The van der Waals surface area contributed by atoms with E-state index in [2.05, 4.69) is 9.97 Å². The van der Waals surface area contributed by atoms with Gasteiger partial charge in [-0.05, 0) is 5.56 Å². The molecule has 2 rings (SSSR count). The van der Waals surface area contributed by atoms with Crippen LogP contribution in [-0.2, 0) is 6.42 Å². The molecule has 2 aromatic rings. The predicted octanol–water partition coefficient (Wildman–Crippen LogP) is 0.845. The van der Waals surface area contributed by atoms with E-state index < -0.39 is 0 Å². The maximum Gasteiger partial charge on any atom is 0.244 e. The summed E-state index contributed by atoms with van der Waals surface area (Å²) in [5, 5.41) is 0. The summed E-state index contributed by atoms with van der Waals surface area (Å²) in [6.07, 6.45) is 0.754. The molecule has 0 saturated heterocycles. The van der Waals surface area contributed by atoms with E-state index in [0.29, 0.717) is 6.61 Å². The average Bonchev–Trinajstić information content (AvgIpc) is 2.36. The zero-order valence-corrected chi connectivity index (χ0v) is 9.84. The van der Waals surface area contributed by atoms with Gasteiger partial charge in [0.15, 0.2) is 5.82 Å². The second-order valence-electron chi connectivity index (χ2n) is 3.77. The Morgan fingerprint density at radius 2 is 1.72 bits per heavy atom. The Kier molecular flexibility index (Phi) is 3.47. The van der Waals surface area contributed by atoms with Gasteiger partial charge in [-0.2, -0.15) is 9.97 Å². The van der Waals surface area contributed by atoms with Crippen molar-refractivity contribution in [3.63, 3.8) is 0 Å². The normalized spacial score (nSPS) is 10.2. The summed E-state index contributed by atoms with van der Waals surface area (Å²) in [4.78, 5) is 7.64. The largest absolute Gasteiger partial charge is 0.476 e. The van der Waals surface area contributed by atoms with Crippen LogP contribution >= 0.6 is 0 Å². The van der Waals surface area contributed by atoms with Crippen LogP contribution in [-0.4, -0.2) is 16.6 Å². The van der Waals surface area contributed by atoms with E-state index in [0.717, 1.165) is 6.42 Å². The molecule has 18 heavy (non-hydrogen) atoms. The lowest BCUT2D eigenvalue weighted by Crippen LogP contribution is -2.10. The molecule has 0 unspecified atom stereocenters. The quantitative estimate of drug-likeness (QED) is 0.735. The van der Waals surface area contributed by atoms with E-state index in [1.54, 1.807) is 0 Å². The number of ether oxygens (including phenoxy) is 1. The number of aromatic nitrogens is 2. The summed E-state index contributed by atoms with van der Waals surface area (Å²) >= 11 is 0. The molecular formula is C12H15N5O. The number of rotatable bonds is 4. The first-order chi connectivity index (χ1) is 8.66. The van der Waals surface area contributed by atoms with Gasteiger partial charge in [-0.3, -0.25) is 0 Å². The van der Waals surface area contributed by atoms with Gasteiger partial charge in [-0.25, -0.2) is 0 Å². The van der Waals surface area contributed by atoms with Crippen LogP contribution in [0.1, 0.15) is 5.56 Å². The maximum absolute atomic E-state index is 5.70. The van der Waals surface area contributed by atoms with Crippen molar-refractivity contribution in [1.82, 2.24) is 9.97 Å². The molecule has 0 aliphatic heterocycles. The molecule has 94 valence electrons. The minimum Gasteiger partial charge on any atom is -0.476 e. The number of nitrogens with two attached hydrogens (primary N) is 3. The summed E-state index contributed by atoms with van der Waals surface area (Å²) in [7, 11) is 0. The molecular weight excluding hydrogens is 230 g/mol. The molecule has 0 radical (unpaired) electrons. The Bertz CT molecular complexity index is 529. The van der Waals surface area contributed by atoms with Gasteiger partial charge in [0, 0.05) is 6.42 Å². The molecule has 1 aromatic heterocycles. The van der Waals surface area contributed by atoms with E-state index in [-0.39, 0.29) is 23.3 Å². The van der Waals surface area contributed by atoms with Gasteiger partial charge in [0.25, 0.3) is 0 Å². The molecule has 0 atom stereocenters. The molecule has 0 aliphatic rings. The van der Waals surface area contributed by atoms with Crippen LogP contribution in [0.3, 0.4) is 0 Å². The maximum atomic E-state index is 5.70. The van der Waals surface area contributed by atoms with Crippen LogP contribution in [0.4, 0.5) is 17.5 Å². The number of nitrogen functional groups attached to an aromatic ring is 3. The number of anilines is 3. The minimum absolute atomic E-state index is 0.0522. The van der Waals surface area contributed by atoms with Crippen LogP contribution in [0.5, 0.6) is 5.88 Å². The van der Waals surface area contributed by atoms with E-state index in [9.17, 15) is 0 Å². The summed E-state index contributed by atoms with van der Waals surface area (Å²) in [6, 6.07) is 9.97. The molecule has 0 saturated carbocycles. The highest BCUT2D eigenvalue weighted by molar-refractivity contribution is 5.65. The lowest BCUT2D eigenvalue weighted by Gasteiger charge is -2.09. The Hall–Kier alpha value is -2.50. The molecule has 1 heterocycles. The fourth-order valence-corrected chi connectivity index (χ4v) is 1.50. The number of benzene rings is 1. The second-order valence-corrected chi connectivity index (χ2v) is 3.77. The Labute approximate surface area is 105 Å². The van der Waals surface area contributed by atoms with E-state index in [1.165, 1.54) is 5.56 Å². The molecule has 0 amide bonds.